The van der Waals surface area contributed by atoms with Crippen LogP contribution >= 0.6 is 0 Å². The van der Waals surface area contributed by atoms with Crippen LogP contribution in [0.5, 0.6) is 0 Å². The molecular weight excluding hydrogens is 314 g/mol. The molecule has 25 heavy (non-hydrogen) atoms. The van der Waals surface area contributed by atoms with Crippen molar-refractivity contribution in [3.05, 3.63) is 41.2 Å². The molecule has 0 bridgehead atoms. The summed E-state index contributed by atoms with van der Waals surface area (Å²) >= 11 is 0. The van der Waals surface area contributed by atoms with Gasteiger partial charge in [-0.3, -0.25) is 9.36 Å². The number of carbonyl (C=O) groups excluding carboxylic acids is 1. The summed E-state index contributed by atoms with van der Waals surface area (Å²) in [5.41, 5.74) is 8.28. The Morgan fingerprint density at radius 3 is 2.52 bits per heavy atom. The number of aryl methyl sites for hydroxylation is 1. The van der Waals surface area contributed by atoms with Gasteiger partial charge >= 0.3 is 0 Å². The van der Waals surface area contributed by atoms with Gasteiger partial charge in [0.15, 0.2) is 0 Å². The van der Waals surface area contributed by atoms with E-state index in [0.29, 0.717) is 18.4 Å². The topological polar surface area (TPSA) is 77.0 Å². The Hall–Kier alpha value is -2.37. The normalized spacial score (nSPS) is 15.8. The van der Waals surface area contributed by atoms with Gasteiger partial charge in [-0.2, -0.15) is 0 Å². The lowest BCUT2D eigenvalue weighted by molar-refractivity contribution is 0.0985. The maximum Gasteiger partial charge on any atom is 0.286 e. The molecular formula is C19H27N5O. The van der Waals surface area contributed by atoms with Gasteiger partial charge in [0.25, 0.3) is 5.91 Å². The summed E-state index contributed by atoms with van der Waals surface area (Å²) in [6, 6.07) is 8.63. The van der Waals surface area contributed by atoms with Crippen molar-refractivity contribution in [1.82, 2.24) is 14.8 Å². The van der Waals surface area contributed by atoms with E-state index in [2.05, 4.69) is 60.1 Å². The number of hydrogen-bond acceptors (Lipinski definition) is 4. The molecule has 0 saturated carbocycles. The highest BCUT2D eigenvalue weighted by molar-refractivity contribution is 5.89. The largest absolute Gasteiger partial charge is 0.363 e. The molecule has 134 valence electrons. The van der Waals surface area contributed by atoms with Gasteiger partial charge in [-0.15, -0.1) is 10.2 Å². The number of aromatic nitrogens is 3. The Balaban J connectivity index is 1.77. The number of benzene rings is 1. The average molecular weight is 341 g/mol. The molecule has 0 aliphatic carbocycles. The van der Waals surface area contributed by atoms with E-state index in [4.69, 9.17) is 5.73 Å². The van der Waals surface area contributed by atoms with E-state index in [0.717, 1.165) is 31.9 Å². The number of carbonyl (C=O) groups is 1. The zero-order valence-electron chi connectivity index (χ0n) is 15.3. The molecule has 1 aromatic carbocycles. The summed E-state index contributed by atoms with van der Waals surface area (Å²) in [6.07, 6.45) is 2.15. The summed E-state index contributed by atoms with van der Waals surface area (Å²) in [6.45, 7) is 8.92. The van der Waals surface area contributed by atoms with Crippen molar-refractivity contribution >= 4 is 11.9 Å². The van der Waals surface area contributed by atoms with Crippen molar-refractivity contribution in [3.63, 3.8) is 0 Å². The van der Waals surface area contributed by atoms with Gasteiger partial charge in [0.05, 0.1) is 0 Å². The Morgan fingerprint density at radius 1 is 1.24 bits per heavy atom. The minimum Gasteiger partial charge on any atom is -0.363 e. The zero-order chi connectivity index (χ0) is 18.0. The summed E-state index contributed by atoms with van der Waals surface area (Å²) in [7, 11) is 0. The van der Waals surface area contributed by atoms with E-state index >= 15 is 0 Å². The third-order valence-electron chi connectivity index (χ3n) is 4.91. The number of amides is 1. The highest BCUT2D eigenvalue weighted by Crippen LogP contribution is 2.31. The van der Waals surface area contributed by atoms with Crippen LogP contribution in [0.25, 0.3) is 0 Å². The number of piperidine rings is 1. The lowest BCUT2D eigenvalue weighted by Gasteiger charge is -2.33. The molecule has 1 fully saturated rings. The minimum absolute atomic E-state index is 0.254. The predicted molar refractivity (Wildman–Crippen MR) is 98.7 cm³/mol. The molecule has 2 N–H and O–H groups in total. The molecule has 1 aromatic heterocycles. The van der Waals surface area contributed by atoms with Crippen LogP contribution in [0.3, 0.4) is 0 Å². The third-order valence-corrected chi connectivity index (χ3v) is 4.91. The van der Waals surface area contributed by atoms with Crippen LogP contribution in [0.4, 0.5) is 5.95 Å². The van der Waals surface area contributed by atoms with E-state index in [9.17, 15) is 4.79 Å². The van der Waals surface area contributed by atoms with Gasteiger partial charge < -0.3 is 10.6 Å². The molecule has 0 atom stereocenters. The smallest absolute Gasteiger partial charge is 0.286 e. The van der Waals surface area contributed by atoms with Crippen LogP contribution in [0, 0.1) is 12.8 Å². The lowest BCUT2D eigenvalue weighted by Crippen LogP contribution is -2.35. The molecule has 1 amide bonds. The molecule has 2 aromatic rings. The summed E-state index contributed by atoms with van der Waals surface area (Å²) in [5, 5.41) is 8.30. The molecule has 6 heteroatoms. The van der Waals surface area contributed by atoms with Crippen LogP contribution in [0.15, 0.2) is 24.3 Å². The molecule has 0 radical (unpaired) electrons. The van der Waals surface area contributed by atoms with Gasteiger partial charge in [0, 0.05) is 19.6 Å². The van der Waals surface area contributed by atoms with Crippen molar-refractivity contribution in [2.45, 2.75) is 46.1 Å². The van der Waals surface area contributed by atoms with E-state index < -0.39 is 5.91 Å². The first-order chi connectivity index (χ1) is 12.0. The molecule has 0 spiro atoms. The zero-order valence-corrected chi connectivity index (χ0v) is 15.3. The maximum atomic E-state index is 11.7. The van der Waals surface area contributed by atoms with E-state index in [1.165, 1.54) is 11.1 Å². The minimum atomic E-state index is -0.519. The first-order valence-corrected chi connectivity index (χ1v) is 9.00. The molecule has 3 rings (SSSR count). The first-order valence-electron chi connectivity index (χ1n) is 9.00. The van der Waals surface area contributed by atoms with Gasteiger partial charge in [-0.25, -0.2) is 0 Å². The van der Waals surface area contributed by atoms with Crippen molar-refractivity contribution in [3.8, 4) is 0 Å². The Bertz CT molecular complexity index is 744. The fourth-order valence-electron chi connectivity index (χ4n) is 3.68. The predicted octanol–water partition coefficient (Wildman–Crippen LogP) is 2.73. The SMILES string of the molecule is Cc1ccccc1C1CCN(c2nnc(C(N)=O)n2CC(C)C)CC1. The number of primary amides is 1. The highest BCUT2D eigenvalue weighted by Gasteiger charge is 2.27. The third kappa shape index (κ3) is 3.67. The summed E-state index contributed by atoms with van der Waals surface area (Å²) in [5.74, 6) is 1.47. The monoisotopic (exact) mass is 341 g/mol. The molecule has 1 aliphatic rings. The van der Waals surface area contributed by atoms with Crippen LogP contribution in [0.2, 0.25) is 0 Å². The second kappa shape index (κ2) is 7.25. The fourth-order valence-corrected chi connectivity index (χ4v) is 3.68. The van der Waals surface area contributed by atoms with Crippen LogP contribution in [0.1, 0.15) is 54.4 Å². The fraction of sp³-hybridized carbons (Fsp3) is 0.526. The molecule has 2 heterocycles. The highest BCUT2D eigenvalue weighted by atomic mass is 16.1. The van der Waals surface area contributed by atoms with Crippen LogP contribution < -0.4 is 10.6 Å². The van der Waals surface area contributed by atoms with E-state index in [1.807, 2.05) is 4.57 Å². The van der Waals surface area contributed by atoms with Gasteiger partial charge in [-0.05, 0) is 42.7 Å². The molecule has 1 aliphatic heterocycles. The quantitative estimate of drug-likeness (QED) is 0.907. The van der Waals surface area contributed by atoms with Crippen LogP contribution in [-0.4, -0.2) is 33.8 Å². The summed E-state index contributed by atoms with van der Waals surface area (Å²) < 4.78 is 1.88. The summed E-state index contributed by atoms with van der Waals surface area (Å²) in [4.78, 5) is 13.9. The van der Waals surface area contributed by atoms with Gasteiger partial charge in [0.2, 0.25) is 11.8 Å². The average Bonchev–Trinajstić information content (AvgIpc) is 2.98. The maximum absolute atomic E-state index is 11.7. The number of nitrogens with zero attached hydrogens (tertiary/aromatic N) is 4. The number of hydrogen-bond donors (Lipinski definition) is 1. The second-order valence-corrected chi connectivity index (χ2v) is 7.31. The number of anilines is 1. The van der Waals surface area contributed by atoms with E-state index in [-0.39, 0.29) is 5.82 Å². The van der Waals surface area contributed by atoms with Crippen molar-refractivity contribution in [1.29, 1.82) is 0 Å². The number of rotatable bonds is 5. The molecule has 6 nitrogen and oxygen atoms in total. The van der Waals surface area contributed by atoms with Gasteiger partial charge in [0.1, 0.15) is 0 Å². The van der Waals surface area contributed by atoms with Crippen LogP contribution in [-0.2, 0) is 6.54 Å². The number of nitrogens with two attached hydrogens (primary N) is 1. The Morgan fingerprint density at radius 2 is 1.92 bits per heavy atom. The molecule has 0 unspecified atom stereocenters. The van der Waals surface area contributed by atoms with Crippen molar-refractivity contribution < 1.29 is 4.79 Å². The second-order valence-electron chi connectivity index (χ2n) is 7.31. The Labute approximate surface area is 149 Å². The lowest BCUT2D eigenvalue weighted by atomic mass is 9.87. The molecule has 1 saturated heterocycles. The Kier molecular flexibility index (Phi) is 5.06. The van der Waals surface area contributed by atoms with Gasteiger partial charge in [-0.1, -0.05) is 38.1 Å². The first kappa shape index (κ1) is 17.5. The standard InChI is InChI=1S/C19H27N5O/c1-13(2)12-24-18(17(20)25)21-22-19(24)23-10-8-15(9-11-23)16-7-5-4-6-14(16)3/h4-7,13,15H,8-12H2,1-3H3,(H2,20,25). The van der Waals surface area contributed by atoms with E-state index in [1.54, 1.807) is 0 Å². The van der Waals surface area contributed by atoms with Crippen molar-refractivity contribution in [2.75, 3.05) is 18.0 Å². The van der Waals surface area contributed by atoms with Crippen molar-refractivity contribution in [2.24, 2.45) is 11.7 Å².